The molecule has 1 atom stereocenters. The van der Waals surface area contributed by atoms with Crippen molar-refractivity contribution in [2.45, 2.75) is 12.5 Å². The van der Waals surface area contributed by atoms with Gasteiger partial charge in [-0.15, -0.1) is 0 Å². The number of carboxylic acid groups (broad SMARTS) is 1. The van der Waals surface area contributed by atoms with Crippen LogP contribution in [-0.2, 0) is 10.3 Å². The lowest BCUT2D eigenvalue weighted by Crippen LogP contribution is -2.41. The number of nitrogens with one attached hydrogen (secondary N) is 1. The number of carboxylic acids is 1. The van der Waals surface area contributed by atoms with Crippen LogP contribution in [0.25, 0.3) is 0 Å². The maximum Gasteiger partial charge on any atom is 0.333 e. The summed E-state index contributed by atoms with van der Waals surface area (Å²) in [6, 6.07) is 9.34. The number of aliphatic carboxylic acids is 1. The molecule has 0 aromatic heterocycles. The molecule has 2 aromatic carbocycles. The second kappa shape index (κ2) is 5.81. The molecule has 0 spiro atoms. The van der Waals surface area contributed by atoms with Crippen LogP contribution < -0.4 is 5.32 Å². The molecule has 21 heavy (non-hydrogen) atoms. The number of hydrogen-bond donors (Lipinski definition) is 2. The molecule has 0 fully saturated rings. The maximum atomic E-state index is 14.1. The number of benzene rings is 2. The third kappa shape index (κ3) is 3.21. The summed E-state index contributed by atoms with van der Waals surface area (Å²) in [5.74, 6) is -2.33. The van der Waals surface area contributed by atoms with Gasteiger partial charge in [0.05, 0.1) is 0 Å². The van der Waals surface area contributed by atoms with Gasteiger partial charge in [-0.05, 0) is 43.3 Å². The van der Waals surface area contributed by atoms with Crippen molar-refractivity contribution in [1.29, 1.82) is 0 Å². The zero-order valence-electron chi connectivity index (χ0n) is 11.0. The summed E-state index contributed by atoms with van der Waals surface area (Å²) in [5.41, 5.74) is -1.31. The number of carbonyl (C=O) groups is 1. The minimum atomic E-state index is -1.68. The Morgan fingerprint density at radius 1 is 1.19 bits per heavy atom. The molecule has 0 aliphatic carbocycles. The monoisotopic (exact) mass is 355 g/mol. The van der Waals surface area contributed by atoms with Crippen LogP contribution in [0.1, 0.15) is 12.5 Å². The van der Waals surface area contributed by atoms with Gasteiger partial charge in [0, 0.05) is 15.7 Å². The van der Waals surface area contributed by atoms with Crippen LogP contribution in [0, 0.1) is 11.6 Å². The molecule has 0 saturated heterocycles. The first kappa shape index (κ1) is 15.4. The average Bonchev–Trinajstić information content (AvgIpc) is 2.41. The predicted octanol–water partition coefficient (Wildman–Crippen LogP) is 4.14. The Hall–Kier alpha value is -1.95. The van der Waals surface area contributed by atoms with Gasteiger partial charge in [-0.1, -0.05) is 22.0 Å². The Labute approximate surface area is 128 Å². The van der Waals surface area contributed by atoms with Crippen molar-refractivity contribution < 1.29 is 18.7 Å². The minimum Gasteiger partial charge on any atom is -0.479 e. The van der Waals surface area contributed by atoms with Crippen molar-refractivity contribution in [3.63, 3.8) is 0 Å². The molecule has 2 aromatic rings. The molecule has 0 aliphatic rings. The van der Waals surface area contributed by atoms with E-state index >= 15 is 0 Å². The van der Waals surface area contributed by atoms with E-state index in [0.29, 0.717) is 10.2 Å². The van der Waals surface area contributed by atoms with Crippen molar-refractivity contribution in [2.24, 2.45) is 0 Å². The van der Waals surface area contributed by atoms with Crippen molar-refractivity contribution in [2.75, 3.05) is 5.32 Å². The van der Waals surface area contributed by atoms with E-state index in [1.807, 2.05) is 0 Å². The van der Waals surface area contributed by atoms with Crippen LogP contribution >= 0.6 is 15.9 Å². The zero-order chi connectivity index (χ0) is 15.6. The van der Waals surface area contributed by atoms with Gasteiger partial charge >= 0.3 is 5.97 Å². The van der Waals surface area contributed by atoms with Gasteiger partial charge in [-0.3, -0.25) is 0 Å². The lowest BCUT2D eigenvalue weighted by molar-refractivity contribution is -0.142. The second-order valence-electron chi connectivity index (χ2n) is 4.69. The average molecular weight is 356 g/mol. The molecule has 0 heterocycles. The fourth-order valence-electron chi connectivity index (χ4n) is 1.95. The Kier molecular flexibility index (Phi) is 4.27. The highest BCUT2D eigenvalue weighted by atomic mass is 79.9. The van der Waals surface area contributed by atoms with E-state index in [9.17, 15) is 18.7 Å². The molecule has 2 rings (SSSR count). The molecule has 0 radical (unpaired) electrons. The lowest BCUT2D eigenvalue weighted by atomic mass is 9.91. The first-order valence-electron chi connectivity index (χ1n) is 6.05. The molecule has 110 valence electrons. The summed E-state index contributed by atoms with van der Waals surface area (Å²) in [6.07, 6.45) is 0. The van der Waals surface area contributed by atoms with Crippen LogP contribution in [-0.4, -0.2) is 11.1 Å². The van der Waals surface area contributed by atoms with E-state index in [1.54, 1.807) is 6.07 Å². The normalized spacial score (nSPS) is 13.5. The van der Waals surface area contributed by atoms with Gasteiger partial charge in [-0.25, -0.2) is 13.6 Å². The van der Waals surface area contributed by atoms with E-state index in [2.05, 4.69) is 21.2 Å². The number of halogens is 3. The first-order valence-corrected chi connectivity index (χ1v) is 6.85. The SMILES string of the molecule is CC(Nc1ccc(F)cc1)(C(=O)O)c1ccc(Br)cc1F. The molecule has 0 aliphatic heterocycles. The quantitative estimate of drug-likeness (QED) is 0.866. The largest absolute Gasteiger partial charge is 0.479 e. The van der Waals surface area contributed by atoms with Crippen LogP contribution in [0.2, 0.25) is 0 Å². The van der Waals surface area contributed by atoms with Gasteiger partial charge < -0.3 is 10.4 Å². The number of anilines is 1. The molecule has 0 bridgehead atoms. The summed E-state index contributed by atoms with van der Waals surface area (Å²) < 4.78 is 27.5. The zero-order valence-corrected chi connectivity index (χ0v) is 12.6. The van der Waals surface area contributed by atoms with Crippen LogP contribution in [0.4, 0.5) is 14.5 Å². The minimum absolute atomic E-state index is 0.0116. The standard InChI is InChI=1S/C15H12BrF2NO2/c1-15(14(20)21,12-7-2-9(16)8-13(12)18)19-11-5-3-10(17)4-6-11/h2-8,19H,1H3,(H,20,21). The van der Waals surface area contributed by atoms with Gasteiger partial charge in [0.25, 0.3) is 0 Å². The Morgan fingerprint density at radius 3 is 2.33 bits per heavy atom. The van der Waals surface area contributed by atoms with Crippen molar-refractivity contribution in [1.82, 2.24) is 0 Å². The van der Waals surface area contributed by atoms with E-state index in [0.717, 1.165) is 0 Å². The van der Waals surface area contributed by atoms with E-state index < -0.39 is 23.1 Å². The molecule has 2 N–H and O–H groups in total. The van der Waals surface area contributed by atoms with E-state index in [1.165, 1.54) is 43.3 Å². The van der Waals surface area contributed by atoms with Crippen molar-refractivity contribution >= 4 is 27.6 Å². The summed E-state index contributed by atoms with van der Waals surface area (Å²) in [6.45, 7) is 1.35. The molecular formula is C15H12BrF2NO2. The highest BCUT2D eigenvalue weighted by Crippen LogP contribution is 2.30. The van der Waals surface area contributed by atoms with Gasteiger partial charge in [0.15, 0.2) is 5.54 Å². The topological polar surface area (TPSA) is 49.3 Å². The fourth-order valence-corrected chi connectivity index (χ4v) is 2.29. The Bertz CT molecular complexity index is 676. The third-order valence-electron chi connectivity index (χ3n) is 3.14. The molecular weight excluding hydrogens is 344 g/mol. The summed E-state index contributed by atoms with van der Waals surface area (Å²) in [4.78, 5) is 11.6. The third-order valence-corrected chi connectivity index (χ3v) is 3.63. The van der Waals surface area contributed by atoms with E-state index in [-0.39, 0.29) is 5.56 Å². The predicted molar refractivity (Wildman–Crippen MR) is 79.1 cm³/mol. The first-order chi connectivity index (χ1) is 9.83. The van der Waals surface area contributed by atoms with Gasteiger partial charge in [0.2, 0.25) is 0 Å². The maximum absolute atomic E-state index is 14.1. The summed E-state index contributed by atoms with van der Waals surface area (Å²) in [5, 5.41) is 12.2. The van der Waals surface area contributed by atoms with Gasteiger partial charge in [0.1, 0.15) is 11.6 Å². The van der Waals surface area contributed by atoms with Crippen molar-refractivity contribution in [3.05, 3.63) is 64.1 Å². The lowest BCUT2D eigenvalue weighted by Gasteiger charge is -2.28. The highest BCUT2D eigenvalue weighted by Gasteiger charge is 2.37. The Morgan fingerprint density at radius 2 is 1.81 bits per heavy atom. The molecule has 3 nitrogen and oxygen atoms in total. The molecule has 0 amide bonds. The number of rotatable bonds is 4. The van der Waals surface area contributed by atoms with Crippen LogP contribution in [0.5, 0.6) is 0 Å². The fraction of sp³-hybridized carbons (Fsp3) is 0.133. The molecule has 6 heteroatoms. The molecule has 0 saturated carbocycles. The van der Waals surface area contributed by atoms with Gasteiger partial charge in [-0.2, -0.15) is 0 Å². The smallest absolute Gasteiger partial charge is 0.333 e. The second-order valence-corrected chi connectivity index (χ2v) is 5.60. The van der Waals surface area contributed by atoms with Crippen LogP contribution in [0.3, 0.4) is 0 Å². The molecule has 1 unspecified atom stereocenters. The summed E-state index contributed by atoms with van der Waals surface area (Å²) >= 11 is 3.13. The summed E-state index contributed by atoms with van der Waals surface area (Å²) in [7, 11) is 0. The highest BCUT2D eigenvalue weighted by molar-refractivity contribution is 9.10. The van der Waals surface area contributed by atoms with Crippen molar-refractivity contribution in [3.8, 4) is 0 Å². The number of hydrogen-bond acceptors (Lipinski definition) is 2. The van der Waals surface area contributed by atoms with E-state index in [4.69, 9.17) is 0 Å². The Balaban J connectivity index is 2.45. The van der Waals surface area contributed by atoms with Crippen LogP contribution in [0.15, 0.2) is 46.9 Å².